The quantitative estimate of drug-likeness (QED) is 0.748. The van der Waals surface area contributed by atoms with E-state index >= 15 is 0 Å². The molecule has 0 aliphatic carbocycles. The van der Waals surface area contributed by atoms with E-state index in [1.54, 1.807) is 24.3 Å². The van der Waals surface area contributed by atoms with Crippen molar-refractivity contribution in [3.63, 3.8) is 0 Å². The van der Waals surface area contributed by atoms with Gasteiger partial charge in [0.2, 0.25) is 15.9 Å². The lowest BCUT2D eigenvalue weighted by atomic mass is 9.97. The van der Waals surface area contributed by atoms with Crippen LogP contribution < -0.4 is 5.32 Å². The Morgan fingerprint density at radius 1 is 1.33 bits per heavy atom. The van der Waals surface area contributed by atoms with E-state index in [4.69, 9.17) is 11.6 Å². The Kier molecular flexibility index (Phi) is 7.07. The highest BCUT2D eigenvalue weighted by molar-refractivity contribution is 7.88. The molecule has 1 aromatic carbocycles. The van der Waals surface area contributed by atoms with E-state index in [0.29, 0.717) is 43.1 Å². The van der Waals surface area contributed by atoms with Crippen molar-refractivity contribution in [3.05, 3.63) is 34.9 Å². The number of nitrogens with zero attached hydrogens (tertiary/aromatic N) is 1. The molecule has 0 bridgehead atoms. The number of benzene rings is 1. The van der Waals surface area contributed by atoms with E-state index in [-0.39, 0.29) is 17.6 Å². The van der Waals surface area contributed by atoms with Gasteiger partial charge >= 0.3 is 0 Å². The molecule has 0 aromatic heterocycles. The first-order chi connectivity index (χ1) is 11.4. The summed E-state index contributed by atoms with van der Waals surface area (Å²) in [5.41, 5.74) is 0.682. The van der Waals surface area contributed by atoms with Crippen LogP contribution in [0.4, 0.5) is 0 Å². The zero-order chi connectivity index (χ0) is 17.6. The van der Waals surface area contributed by atoms with E-state index in [1.807, 2.05) is 0 Å². The van der Waals surface area contributed by atoms with E-state index in [1.165, 1.54) is 4.31 Å². The Bertz CT molecular complexity index is 656. The number of unbranched alkanes of at least 4 members (excludes halogenated alkanes) is 1. The molecular weight excluding hydrogens is 348 g/mol. The molecule has 0 saturated carbocycles. The van der Waals surface area contributed by atoms with Gasteiger partial charge in [-0.05, 0) is 37.0 Å². The molecule has 0 unspecified atom stereocenters. The second-order valence-electron chi connectivity index (χ2n) is 6.20. The second-order valence-corrected chi connectivity index (χ2v) is 8.61. The fourth-order valence-corrected chi connectivity index (χ4v) is 4.62. The summed E-state index contributed by atoms with van der Waals surface area (Å²) in [6.07, 6.45) is 3.17. The van der Waals surface area contributed by atoms with Crippen molar-refractivity contribution in [2.24, 2.45) is 5.92 Å². The van der Waals surface area contributed by atoms with Crippen LogP contribution in [0.1, 0.15) is 38.2 Å². The molecule has 134 valence electrons. The summed E-state index contributed by atoms with van der Waals surface area (Å²) in [5.74, 6) is -0.0872. The maximum Gasteiger partial charge on any atom is 0.223 e. The van der Waals surface area contributed by atoms with Crippen LogP contribution in [0.25, 0.3) is 0 Å². The van der Waals surface area contributed by atoms with Crippen LogP contribution in [0.5, 0.6) is 0 Å². The predicted octanol–water partition coefficient (Wildman–Crippen LogP) is 2.80. The molecule has 24 heavy (non-hydrogen) atoms. The predicted molar refractivity (Wildman–Crippen MR) is 96.3 cm³/mol. The minimum atomic E-state index is -3.38. The van der Waals surface area contributed by atoms with Gasteiger partial charge in [-0.3, -0.25) is 4.79 Å². The van der Waals surface area contributed by atoms with Gasteiger partial charge in [-0.1, -0.05) is 37.1 Å². The molecule has 0 radical (unpaired) electrons. The van der Waals surface area contributed by atoms with Gasteiger partial charge in [0.1, 0.15) is 0 Å². The molecule has 1 fully saturated rings. The molecule has 1 saturated heterocycles. The molecule has 0 atom stereocenters. The van der Waals surface area contributed by atoms with Crippen molar-refractivity contribution in [2.75, 3.05) is 19.6 Å². The molecule has 2 rings (SSSR count). The molecule has 1 aliphatic rings. The third-order valence-electron chi connectivity index (χ3n) is 4.29. The zero-order valence-corrected chi connectivity index (χ0v) is 15.6. The number of amides is 1. The van der Waals surface area contributed by atoms with Crippen LogP contribution in [-0.2, 0) is 20.6 Å². The van der Waals surface area contributed by atoms with E-state index in [0.717, 1.165) is 12.8 Å². The molecule has 0 spiro atoms. The topological polar surface area (TPSA) is 66.5 Å². The molecule has 5 nitrogen and oxygen atoms in total. The largest absolute Gasteiger partial charge is 0.356 e. The van der Waals surface area contributed by atoms with Crippen LogP contribution in [-0.4, -0.2) is 38.3 Å². The van der Waals surface area contributed by atoms with Gasteiger partial charge in [-0.15, -0.1) is 0 Å². The molecule has 1 aliphatic heterocycles. The summed E-state index contributed by atoms with van der Waals surface area (Å²) in [5, 5.41) is 3.46. The van der Waals surface area contributed by atoms with Gasteiger partial charge in [0.05, 0.1) is 5.75 Å². The number of hydrogen-bond donors (Lipinski definition) is 1. The molecule has 1 N–H and O–H groups in total. The maximum atomic E-state index is 12.5. The van der Waals surface area contributed by atoms with Crippen LogP contribution in [0.15, 0.2) is 24.3 Å². The first-order valence-corrected chi connectivity index (χ1v) is 10.4. The van der Waals surface area contributed by atoms with E-state index < -0.39 is 10.0 Å². The van der Waals surface area contributed by atoms with Gasteiger partial charge in [0.15, 0.2) is 0 Å². The average molecular weight is 373 g/mol. The highest BCUT2D eigenvalue weighted by atomic mass is 35.5. The van der Waals surface area contributed by atoms with Gasteiger partial charge in [-0.2, -0.15) is 0 Å². The van der Waals surface area contributed by atoms with Crippen molar-refractivity contribution < 1.29 is 13.2 Å². The van der Waals surface area contributed by atoms with Crippen LogP contribution in [0, 0.1) is 5.92 Å². The van der Waals surface area contributed by atoms with Gasteiger partial charge in [-0.25, -0.2) is 12.7 Å². The Morgan fingerprint density at radius 2 is 2.04 bits per heavy atom. The number of carbonyl (C=O) groups excluding carboxylic acids is 1. The van der Waals surface area contributed by atoms with Crippen LogP contribution >= 0.6 is 11.6 Å². The van der Waals surface area contributed by atoms with E-state index in [2.05, 4.69) is 12.2 Å². The fourth-order valence-electron chi connectivity index (χ4n) is 2.86. The summed E-state index contributed by atoms with van der Waals surface area (Å²) in [7, 11) is -3.38. The Morgan fingerprint density at radius 3 is 2.67 bits per heavy atom. The zero-order valence-electron chi connectivity index (χ0n) is 14.0. The lowest BCUT2D eigenvalue weighted by molar-refractivity contribution is -0.126. The third-order valence-corrected chi connectivity index (χ3v) is 6.37. The number of sulfonamides is 1. The van der Waals surface area contributed by atoms with Crippen molar-refractivity contribution in [1.29, 1.82) is 0 Å². The lowest BCUT2D eigenvalue weighted by Crippen LogP contribution is -2.43. The average Bonchev–Trinajstić information content (AvgIpc) is 2.55. The highest BCUT2D eigenvalue weighted by Gasteiger charge is 2.31. The number of piperidine rings is 1. The first kappa shape index (κ1) is 19.2. The number of carbonyl (C=O) groups is 1. The Hall–Kier alpha value is -1.11. The second kappa shape index (κ2) is 8.83. The van der Waals surface area contributed by atoms with Gasteiger partial charge in [0.25, 0.3) is 0 Å². The minimum absolute atomic E-state index is 0.0512. The summed E-state index contributed by atoms with van der Waals surface area (Å²) in [4.78, 5) is 12.1. The van der Waals surface area contributed by atoms with Gasteiger partial charge < -0.3 is 5.32 Å². The highest BCUT2D eigenvalue weighted by Crippen LogP contribution is 2.22. The monoisotopic (exact) mass is 372 g/mol. The summed E-state index contributed by atoms with van der Waals surface area (Å²) >= 11 is 5.91. The van der Waals surface area contributed by atoms with Crippen molar-refractivity contribution in [3.8, 4) is 0 Å². The third kappa shape index (κ3) is 5.46. The number of nitrogens with one attached hydrogen (secondary N) is 1. The molecular formula is C17H25ClN2O3S. The summed E-state index contributed by atoms with van der Waals surface area (Å²) in [6.45, 7) is 3.57. The van der Waals surface area contributed by atoms with Crippen LogP contribution in [0.3, 0.4) is 0 Å². The minimum Gasteiger partial charge on any atom is -0.356 e. The molecule has 1 heterocycles. The number of rotatable bonds is 7. The van der Waals surface area contributed by atoms with E-state index in [9.17, 15) is 13.2 Å². The SMILES string of the molecule is CCCCNC(=O)C1CCN(S(=O)(=O)Cc2cccc(Cl)c2)CC1. The van der Waals surface area contributed by atoms with Gasteiger partial charge in [0, 0.05) is 30.6 Å². The van der Waals surface area contributed by atoms with Crippen LogP contribution in [0.2, 0.25) is 5.02 Å². The van der Waals surface area contributed by atoms with Crippen molar-refractivity contribution >= 4 is 27.5 Å². The standard InChI is InChI=1S/C17H25ClN2O3S/c1-2-3-9-19-17(21)15-7-10-20(11-8-15)24(22,23)13-14-5-4-6-16(18)12-14/h4-6,12,15H,2-3,7-11,13H2,1H3,(H,19,21). The summed E-state index contributed by atoms with van der Waals surface area (Å²) < 4.78 is 26.6. The van der Waals surface area contributed by atoms with Crippen molar-refractivity contribution in [2.45, 2.75) is 38.4 Å². The molecule has 1 aromatic rings. The molecule has 7 heteroatoms. The lowest BCUT2D eigenvalue weighted by Gasteiger charge is -2.30. The summed E-state index contributed by atoms with van der Waals surface area (Å²) in [6, 6.07) is 6.91. The number of halogens is 1. The normalized spacial score (nSPS) is 16.9. The fraction of sp³-hybridized carbons (Fsp3) is 0.588. The number of hydrogen-bond acceptors (Lipinski definition) is 3. The van der Waals surface area contributed by atoms with Crippen molar-refractivity contribution in [1.82, 2.24) is 9.62 Å². The Balaban J connectivity index is 1.87. The first-order valence-electron chi connectivity index (χ1n) is 8.42. The molecule has 1 amide bonds. The smallest absolute Gasteiger partial charge is 0.223 e. The Labute approximate surface area is 149 Å². The maximum absolute atomic E-state index is 12.5.